The van der Waals surface area contributed by atoms with Crippen molar-refractivity contribution in [2.45, 2.75) is 38.3 Å². The summed E-state index contributed by atoms with van der Waals surface area (Å²) < 4.78 is 28.0. The molecule has 1 fully saturated rings. The molecular weight excluding hydrogens is 440 g/mol. The fraction of sp³-hybridized carbons (Fsp3) is 0.320. The summed E-state index contributed by atoms with van der Waals surface area (Å²) in [5, 5.41) is 22.4. The first-order valence-corrected chi connectivity index (χ1v) is 11.0. The number of halogens is 2. The molecule has 0 unspecified atom stereocenters. The number of alkyl halides is 2. The zero-order valence-electron chi connectivity index (χ0n) is 18.9. The maximum Gasteiger partial charge on any atom is 0.282 e. The van der Waals surface area contributed by atoms with Crippen LogP contribution in [0.1, 0.15) is 35.5 Å². The standard InChI is InChI=1S/C25H25F2N5O2/c1-24(2,34)13-32-12-19(11-28-32)17-5-3-16(4-6-17)9-22-20-10-18(7-8-21(20)29-30-22)23(33)31-14-25(26,27)15-31/h3-8,10-12,34H,9,13-15H2,1-2H3,(H,29,30). The Morgan fingerprint density at radius 2 is 1.88 bits per heavy atom. The van der Waals surface area contributed by atoms with Crippen LogP contribution in [0, 0.1) is 0 Å². The maximum absolute atomic E-state index is 13.2. The summed E-state index contributed by atoms with van der Waals surface area (Å²) in [6.07, 6.45) is 4.26. The highest BCUT2D eigenvalue weighted by Crippen LogP contribution is 2.29. The molecule has 0 radical (unpaired) electrons. The SMILES string of the molecule is CC(C)(O)Cn1cc(-c2ccc(Cc3[nH]nc4ccc(C(=O)N5CC(F)(F)C5)cc34)cc2)cn1. The monoisotopic (exact) mass is 465 g/mol. The molecule has 1 amide bonds. The van der Waals surface area contributed by atoms with Crippen molar-refractivity contribution in [3.05, 3.63) is 71.7 Å². The topological polar surface area (TPSA) is 87.0 Å². The minimum atomic E-state index is -2.79. The van der Waals surface area contributed by atoms with Gasteiger partial charge in [0.25, 0.3) is 11.8 Å². The number of carbonyl (C=O) groups is 1. The van der Waals surface area contributed by atoms with Crippen molar-refractivity contribution in [2.75, 3.05) is 13.1 Å². The van der Waals surface area contributed by atoms with Crippen LogP contribution in [0.3, 0.4) is 0 Å². The number of fused-ring (bicyclic) bond motifs is 1. The molecule has 2 N–H and O–H groups in total. The summed E-state index contributed by atoms with van der Waals surface area (Å²) in [5.74, 6) is -3.18. The van der Waals surface area contributed by atoms with E-state index in [1.165, 1.54) is 0 Å². The van der Waals surface area contributed by atoms with Crippen molar-refractivity contribution in [2.24, 2.45) is 0 Å². The summed E-state index contributed by atoms with van der Waals surface area (Å²) in [7, 11) is 0. The largest absolute Gasteiger partial charge is 0.389 e. The Kier molecular flexibility index (Phi) is 5.24. The van der Waals surface area contributed by atoms with Crippen molar-refractivity contribution in [1.82, 2.24) is 24.9 Å². The fourth-order valence-electron chi connectivity index (χ4n) is 4.18. The van der Waals surface area contributed by atoms with E-state index in [4.69, 9.17) is 0 Å². The number of benzene rings is 2. The molecule has 1 saturated heterocycles. The fourth-order valence-corrected chi connectivity index (χ4v) is 4.18. The molecule has 0 atom stereocenters. The second kappa shape index (κ2) is 8.02. The van der Waals surface area contributed by atoms with Crippen LogP contribution in [-0.2, 0) is 13.0 Å². The molecule has 1 aliphatic heterocycles. The van der Waals surface area contributed by atoms with Gasteiger partial charge in [0, 0.05) is 34.8 Å². The number of carbonyl (C=O) groups excluding carboxylic acids is 1. The molecular formula is C25H25F2N5O2. The first kappa shape index (κ1) is 22.2. The van der Waals surface area contributed by atoms with E-state index in [2.05, 4.69) is 15.3 Å². The lowest BCUT2D eigenvalue weighted by Crippen LogP contribution is -2.58. The van der Waals surface area contributed by atoms with Crippen molar-refractivity contribution >= 4 is 16.8 Å². The molecule has 0 aliphatic carbocycles. The predicted octanol–water partition coefficient (Wildman–Crippen LogP) is 3.88. The smallest absolute Gasteiger partial charge is 0.282 e. The highest BCUT2D eigenvalue weighted by atomic mass is 19.3. The van der Waals surface area contributed by atoms with Gasteiger partial charge in [-0.3, -0.25) is 14.6 Å². The van der Waals surface area contributed by atoms with Crippen LogP contribution in [0.2, 0.25) is 0 Å². The van der Waals surface area contributed by atoms with Gasteiger partial charge in [-0.05, 0) is 43.2 Å². The average Bonchev–Trinajstić information content (AvgIpc) is 3.37. The number of nitrogens with zero attached hydrogens (tertiary/aromatic N) is 4. The predicted molar refractivity (Wildman–Crippen MR) is 124 cm³/mol. The summed E-state index contributed by atoms with van der Waals surface area (Å²) in [5.41, 5.74) is 4.13. The molecule has 2 aromatic heterocycles. The van der Waals surface area contributed by atoms with Crippen LogP contribution in [-0.4, -0.2) is 60.5 Å². The molecule has 4 aromatic rings. The van der Waals surface area contributed by atoms with Gasteiger partial charge in [-0.25, -0.2) is 8.78 Å². The Morgan fingerprint density at radius 1 is 1.15 bits per heavy atom. The van der Waals surface area contributed by atoms with Gasteiger partial charge in [0.2, 0.25) is 0 Å². The molecule has 176 valence electrons. The number of rotatable bonds is 6. The molecule has 9 heteroatoms. The molecule has 2 aromatic carbocycles. The van der Waals surface area contributed by atoms with Crippen molar-refractivity contribution in [1.29, 1.82) is 0 Å². The van der Waals surface area contributed by atoms with E-state index in [9.17, 15) is 18.7 Å². The van der Waals surface area contributed by atoms with Gasteiger partial charge in [-0.2, -0.15) is 10.2 Å². The second-order valence-corrected chi connectivity index (χ2v) is 9.56. The Balaban J connectivity index is 1.32. The molecule has 0 bridgehead atoms. The quantitative estimate of drug-likeness (QED) is 0.453. The zero-order chi connectivity index (χ0) is 24.1. The number of nitrogens with one attached hydrogen (secondary N) is 1. The van der Waals surface area contributed by atoms with Crippen molar-refractivity contribution < 1.29 is 18.7 Å². The van der Waals surface area contributed by atoms with Crippen LogP contribution in [0.4, 0.5) is 8.78 Å². The van der Waals surface area contributed by atoms with Crippen LogP contribution < -0.4 is 0 Å². The first-order chi connectivity index (χ1) is 16.1. The molecule has 0 spiro atoms. The van der Waals surface area contributed by atoms with Crippen LogP contribution in [0.5, 0.6) is 0 Å². The van der Waals surface area contributed by atoms with Gasteiger partial charge >= 0.3 is 0 Å². The third kappa shape index (κ3) is 4.56. The van der Waals surface area contributed by atoms with Crippen LogP contribution >= 0.6 is 0 Å². The number of hydrogen-bond acceptors (Lipinski definition) is 4. The Bertz CT molecular complexity index is 1340. The van der Waals surface area contributed by atoms with E-state index >= 15 is 0 Å². The van der Waals surface area contributed by atoms with Crippen LogP contribution in [0.25, 0.3) is 22.0 Å². The van der Waals surface area contributed by atoms with Crippen LogP contribution in [0.15, 0.2) is 54.9 Å². The lowest BCUT2D eigenvalue weighted by Gasteiger charge is -2.38. The third-order valence-corrected chi connectivity index (χ3v) is 5.86. The van der Waals surface area contributed by atoms with E-state index in [0.29, 0.717) is 18.5 Å². The van der Waals surface area contributed by atoms with Gasteiger partial charge in [-0.1, -0.05) is 24.3 Å². The average molecular weight is 466 g/mol. The number of aromatic nitrogens is 4. The summed E-state index contributed by atoms with van der Waals surface area (Å²) >= 11 is 0. The van der Waals surface area contributed by atoms with Crippen molar-refractivity contribution in [3.8, 4) is 11.1 Å². The molecule has 34 heavy (non-hydrogen) atoms. The molecule has 1 aliphatic rings. The van der Waals surface area contributed by atoms with Gasteiger partial charge in [0.1, 0.15) is 0 Å². The molecule has 3 heterocycles. The molecule has 5 rings (SSSR count). The summed E-state index contributed by atoms with van der Waals surface area (Å²) in [4.78, 5) is 13.7. The lowest BCUT2D eigenvalue weighted by molar-refractivity contribution is -0.113. The van der Waals surface area contributed by atoms with Gasteiger partial charge in [-0.15, -0.1) is 0 Å². The minimum absolute atomic E-state index is 0.379. The summed E-state index contributed by atoms with van der Waals surface area (Å²) in [6, 6.07) is 13.1. The normalized spacial score (nSPS) is 15.5. The van der Waals surface area contributed by atoms with E-state index < -0.39 is 30.5 Å². The van der Waals surface area contributed by atoms with Crippen molar-refractivity contribution in [3.63, 3.8) is 0 Å². The lowest BCUT2D eigenvalue weighted by atomic mass is 10.0. The van der Waals surface area contributed by atoms with Gasteiger partial charge < -0.3 is 10.0 Å². The van der Waals surface area contributed by atoms with E-state index in [1.54, 1.807) is 42.9 Å². The summed E-state index contributed by atoms with van der Waals surface area (Å²) in [6.45, 7) is 2.81. The number of H-pyrrole nitrogens is 1. The first-order valence-electron chi connectivity index (χ1n) is 11.0. The Hall–Kier alpha value is -3.59. The maximum atomic E-state index is 13.2. The van der Waals surface area contributed by atoms with E-state index in [-0.39, 0.29) is 0 Å². The highest BCUT2D eigenvalue weighted by Gasteiger charge is 2.46. The third-order valence-electron chi connectivity index (χ3n) is 5.86. The van der Waals surface area contributed by atoms with Gasteiger partial charge in [0.15, 0.2) is 0 Å². The number of hydrogen-bond donors (Lipinski definition) is 2. The minimum Gasteiger partial charge on any atom is -0.389 e. The number of aliphatic hydroxyl groups is 1. The second-order valence-electron chi connectivity index (χ2n) is 9.56. The zero-order valence-corrected chi connectivity index (χ0v) is 18.9. The number of aromatic amines is 1. The Labute approximate surface area is 195 Å². The molecule has 7 nitrogen and oxygen atoms in total. The molecule has 0 saturated carbocycles. The van der Waals surface area contributed by atoms with E-state index in [1.807, 2.05) is 30.5 Å². The number of amides is 1. The van der Waals surface area contributed by atoms with E-state index in [0.717, 1.165) is 38.2 Å². The number of likely N-dealkylation sites (tertiary alicyclic amines) is 1. The van der Waals surface area contributed by atoms with Gasteiger partial charge in [0.05, 0.1) is 36.9 Å². The Morgan fingerprint density at radius 3 is 2.56 bits per heavy atom. The highest BCUT2D eigenvalue weighted by molar-refractivity contribution is 5.99.